The first-order valence-corrected chi connectivity index (χ1v) is 19.1. The second-order valence-electron chi connectivity index (χ2n) is 14.4. The number of hydrogen-bond donors (Lipinski definition) is 0. The van der Waals surface area contributed by atoms with Gasteiger partial charge in [0.15, 0.2) is 0 Å². The molecule has 0 unspecified atom stereocenters. The van der Waals surface area contributed by atoms with E-state index >= 15 is 0 Å². The Labute approximate surface area is 333 Å². The van der Waals surface area contributed by atoms with Crippen molar-refractivity contribution < 1.29 is 0 Å². The van der Waals surface area contributed by atoms with Crippen molar-refractivity contribution in [1.82, 2.24) is 14.1 Å². The summed E-state index contributed by atoms with van der Waals surface area (Å²) in [4.78, 5) is 5.44. The maximum Gasteiger partial charge on any atom is 0.0716 e. The molecule has 11 rings (SSSR count). The molecule has 0 saturated carbocycles. The Morgan fingerprint density at radius 2 is 0.596 bits per heavy atom. The van der Waals surface area contributed by atoms with Crippen molar-refractivity contribution in [2.24, 2.45) is 0 Å². The van der Waals surface area contributed by atoms with E-state index in [0.717, 1.165) is 45.0 Å². The second-order valence-corrected chi connectivity index (χ2v) is 14.4. The van der Waals surface area contributed by atoms with Crippen molar-refractivity contribution in [3.63, 3.8) is 0 Å². The second kappa shape index (κ2) is 14.0. The molecule has 0 fully saturated rings. The summed E-state index contributed by atoms with van der Waals surface area (Å²) in [5, 5.41) is 4.99. The van der Waals surface area contributed by atoms with Crippen LogP contribution in [0.1, 0.15) is 0 Å². The summed E-state index contributed by atoms with van der Waals surface area (Å²) in [6.45, 7) is 0. The van der Waals surface area contributed by atoms with Gasteiger partial charge in [-0.15, -0.1) is 0 Å². The van der Waals surface area contributed by atoms with E-state index in [1.165, 1.54) is 54.7 Å². The zero-order valence-electron chi connectivity index (χ0n) is 30.5. The third-order valence-electron chi connectivity index (χ3n) is 11.1. The number of aromatic nitrogens is 3. The third kappa shape index (κ3) is 5.82. The summed E-state index contributed by atoms with van der Waals surface area (Å²) < 4.78 is 4.74. The van der Waals surface area contributed by atoms with Crippen molar-refractivity contribution in [3.05, 3.63) is 212 Å². The lowest BCUT2D eigenvalue weighted by Crippen LogP contribution is -1.97. The molecular formula is C53H39BN3-. The van der Waals surface area contributed by atoms with Gasteiger partial charge < -0.3 is 9.13 Å². The molecule has 0 N–H and O–H groups in total. The molecule has 0 radical (unpaired) electrons. The standard InChI is InChI=1S/C53H35N3.BH4/c1-2-14-36(15-3-1)37-28-30-38(31-29-37)41-34-48(39-16-12-18-42(32-39)55-50-24-8-4-20-44(50)45-21-5-9-25-51(45)55)54-49(35-41)40-17-13-19-43(33-40)56-52-26-10-6-22-46(52)47-23-7-11-27-53(47)56;/h1-35H;1H4/q;-1. The maximum absolute atomic E-state index is 5.44. The van der Waals surface area contributed by atoms with Gasteiger partial charge in [0.25, 0.3) is 0 Å². The van der Waals surface area contributed by atoms with Crippen LogP contribution >= 0.6 is 0 Å². The lowest BCUT2D eigenvalue weighted by molar-refractivity contribution is 1.17. The van der Waals surface area contributed by atoms with Crippen LogP contribution in [0.5, 0.6) is 0 Å². The van der Waals surface area contributed by atoms with Crippen LogP contribution in [0.2, 0.25) is 0 Å². The highest BCUT2D eigenvalue weighted by Gasteiger charge is 2.16. The van der Waals surface area contributed by atoms with Gasteiger partial charge in [0.1, 0.15) is 0 Å². The summed E-state index contributed by atoms with van der Waals surface area (Å²) in [5.41, 5.74) is 15.6. The molecule has 3 aromatic heterocycles. The summed E-state index contributed by atoms with van der Waals surface area (Å²) in [7, 11) is 0. The fourth-order valence-electron chi connectivity index (χ4n) is 8.49. The van der Waals surface area contributed by atoms with Gasteiger partial charge in [-0.2, -0.15) is 0 Å². The summed E-state index contributed by atoms with van der Waals surface area (Å²) >= 11 is 0. The number of rotatable bonds is 6. The highest BCUT2D eigenvalue weighted by Crippen LogP contribution is 2.37. The fraction of sp³-hybridized carbons (Fsp3) is 0. The van der Waals surface area contributed by atoms with E-state index in [1.807, 2.05) is 0 Å². The minimum Gasteiger partial charge on any atom is -0.309 e. The Kier molecular flexibility index (Phi) is 8.38. The number of nitrogens with zero attached hydrogens (tertiary/aromatic N) is 3. The van der Waals surface area contributed by atoms with Crippen molar-refractivity contribution in [2.45, 2.75) is 0 Å². The van der Waals surface area contributed by atoms with Gasteiger partial charge in [-0.1, -0.05) is 160 Å². The first-order chi connectivity index (χ1) is 27.8. The predicted octanol–water partition coefficient (Wildman–Crippen LogP) is 12.5. The topological polar surface area (TPSA) is 22.8 Å². The molecule has 11 aromatic rings. The van der Waals surface area contributed by atoms with E-state index in [-0.39, 0.29) is 8.41 Å². The monoisotopic (exact) mass is 728 g/mol. The molecule has 0 bridgehead atoms. The first kappa shape index (κ1) is 34.1. The van der Waals surface area contributed by atoms with Gasteiger partial charge in [-0.3, -0.25) is 0 Å². The number of para-hydroxylation sites is 4. The van der Waals surface area contributed by atoms with E-state index in [4.69, 9.17) is 4.98 Å². The van der Waals surface area contributed by atoms with Gasteiger partial charge in [0.05, 0.1) is 33.5 Å². The van der Waals surface area contributed by atoms with Crippen LogP contribution in [0, 0.1) is 0 Å². The third-order valence-corrected chi connectivity index (χ3v) is 11.1. The van der Waals surface area contributed by atoms with Crippen LogP contribution in [-0.2, 0) is 0 Å². The first-order valence-electron chi connectivity index (χ1n) is 19.1. The van der Waals surface area contributed by atoms with Crippen LogP contribution in [0.3, 0.4) is 0 Å². The molecule has 0 amide bonds. The average Bonchev–Trinajstić information content (AvgIpc) is 3.80. The zero-order chi connectivity index (χ0) is 37.0. The molecule has 0 saturated heterocycles. The van der Waals surface area contributed by atoms with Crippen LogP contribution < -0.4 is 0 Å². The zero-order valence-corrected chi connectivity index (χ0v) is 30.5. The van der Waals surface area contributed by atoms with Crippen molar-refractivity contribution >= 4 is 52.0 Å². The van der Waals surface area contributed by atoms with Crippen LogP contribution in [0.25, 0.3) is 99.8 Å². The largest absolute Gasteiger partial charge is 0.309 e. The Bertz CT molecular complexity index is 2960. The van der Waals surface area contributed by atoms with Crippen molar-refractivity contribution in [2.75, 3.05) is 0 Å². The lowest BCUT2D eigenvalue weighted by atomic mass is 9.97. The van der Waals surface area contributed by atoms with Crippen molar-refractivity contribution in [1.29, 1.82) is 0 Å². The van der Waals surface area contributed by atoms with Gasteiger partial charge in [0, 0.05) is 44.0 Å². The number of hydrogen-bond acceptors (Lipinski definition) is 1. The van der Waals surface area contributed by atoms with Gasteiger partial charge >= 0.3 is 0 Å². The van der Waals surface area contributed by atoms with E-state index in [2.05, 4.69) is 221 Å². The average molecular weight is 729 g/mol. The van der Waals surface area contributed by atoms with Crippen LogP contribution in [0.15, 0.2) is 212 Å². The van der Waals surface area contributed by atoms with Gasteiger partial charge in [0.2, 0.25) is 0 Å². The van der Waals surface area contributed by atoms with Crippen LogP contribution in [-0.4, -0.2) is 22.5 Å². The number of benzene rings is 8. The molecule has 270 valence electrons. The van der Waals surface area contributed by atoms with E-state index in [9.17, 15) is 0 Å². The van der Waals surface area contributed by atoms with Gasteiger partial charge in [-0.25, -0.2) is 4.98 Å². The molecule has 0 aliphatic carbocycles. The molecular weight excluding hydrogens is 689 g/mol. The molecule has 4 heteroatoms. The highest BCUT2D eigenvalue weighted by molar-refractivity contribution is 6.10. The van der Waals surface area contributed by atoms with Gasteiger partial charge in [-0.05, 0) is 82.9 Å². The molecule has 0 atom stereocenters. The van der Waals surface area contributed by atoms with E-state index in [0.29, 0.717) is 0 Å². The quantitative estimate of drug-likeness (QED) is 0.156. The Morgan fingerprint density at radius 3 is 1.02 bits per heavy atom. The van der Waals surface area contributed by atoms with Crippen molar-refractivity contribution in [3.8, 4) is 56.1 Å². The molecule has 3 nitrogen and oxygen atoms in total. The minimum absolute atomic E-state index is 0. The number of pyridine rings is 1. The molecule has 8 aromatic carbocycles. The molecule has 0 spiro atoms. The Morgan fingerprint density at radius 1 is 0.263 bits per heavy atom. The normalized spacial score (nSPS) is 11.4. The van der Waals surface area contributed by atoms with E-state index < -0.39 is 0 Å². The fourth-order valence-corrected chi connectivity index (χ4v) is 8.49. The number of fused-ring (bicyclic) bond motifs is 6. The maximum atomic E-state index is 5.44. The molecule has 57 heavy (non-hydrogen) atoms. The lowest BCUT2D eigenvalue weighted by Gasteiger charge is -2.14. The highest BCUT2D eigenvalue weighted by atomic mass is 15.0. The Balaban J connectivity index is 0.00000396. The Hall–Kier alpha value is -7.43. The summed E-state index contributed by atoms with van der Waals surface area (Å²) in [6.07, 6.45) is 0. The molecule has 0 aliphatic heterocycles. The minimum atomic E-state index is 0. The summed E-state index contributed by atoms with van der Waals surface area (Å²) in [6, 6.07) is 76.2. The SMILES string of the molecule is [BH4-].c1ccc(-c2ccc(-c3cc(-c4cccc(-n5c6ccccc6c6ccccc65)c4)nc(-c4cccc(-n5c6ccccc6c6ccccc65)c4)c3)cc2)cc1. The smallest absolute Gasteiger partial charge is 0.0716 e. The summed E-state index contributed by atoms with van der Waals surface area (Å²) in [5.74, 6) is 0. The van der Waals surface area contributed by atoms with Crippen LogP contribution in [0.4, 0.5) is 0 Å². The predicted molar refractivity (Wildman–Crippen MR) is 246 cm³/mol. The van der Waals surface area contributed by atoms with E-state index in [1.54, 1.807) is 0 Å². The molecule has 3 heterocycles. The molecule has 0 aliphatic rings.